The first-order valence-corrected chi connectivity index (χ1v) is 8.73. The number of methoxy groups -OCH3 is 3. The average molecular weight is 381 g/mol. The summed E-state index contributed by atoms with van der Waals surface area (Å²) in [5.41, 5.74) is 3.47. The number of carbonyl (C=O) groups excluding carboxylic acids is 1. The van der Waals surface area contributed by atoms with Gasteiger partial charge in [0.25, 0.3) is 5.91 Å². The summed E-state index contributed by atoms with van der Waals surface area (Å²) in [6, 6.07) is 13.1. The lowest BCUT2D eigenvalue weighted by atomic mass is 10.1. The fourth-order valence-electron chi connectivity index (χ4n) is 3.11. The second kappa shape index (κ2) is 8.04. The summed E-state index contributed by atoms with van der Waals surface area (Å²) in [6.07, 6.45) is 0. The Labute approximate surface area is 163 Å². The number of ether oxygens (including phenoxy) is 3. The van der Waals surface area contributed by atoms with Gasteiger partial charge in [0.05, 0.1) is 49.7 Å². The van der Waals surface area contributed by atoms with E-state index in [0.29, 0.717) is 34.2 Å². The summed E-state index contributed by atoms with van der Waals surface area (Å²) in [4.78, 5) is 13.0. The molecular formula is C21H23N3O4. The number of hydrogen-bond acceptors (Lipinski definition) is 5. The number of aromatic nitrogens is 2. The molecule has 0 spiro atoms. The minimum atomic E-state index is -0.323. The Balaban J connectivity index is 1.98. The van der Waals surface area contributed by atoms with Crippen molar-refractivity contribution in [3.8, 4) is 22.9 Å². The van der Waals surface area contributed by atoms with Gasteiger partial charge >= 0.3 is 0 Å². The van der Waals surface area contributed by atoms with Crippen molar-refractivity contribution in [1.82, 2.24) is 9.78 Å². The van der Waals surface area contributed by atoms with Crippen LogP contribution >= 0.6 is 0 Å². The molecular weight excluding hydrogens is 358 g/mol. The number of para-hydroxylation sites is 1. The predicted octanol–water partition coefficient (Wildman–Crippen LogP) is 3.77. The number of aryl methyl sites for hydroxylation is 1. The van der Waals surface area contributed by atoms with E-state index in [2.05, 4.69) is 10.4 Å². The largest absolute Gasteiger partial charge is 0.493 e. The molecule has 1 heterocycles. The normalized spacial score (nSPS) is 10.5. The Bertz CT molecular complexity index is 997. The molecule has 0 radical (unpaired) electrons. The summed E-state index contributed by atoms with van der Waals surface area (Å²) in [7, 11) is 4.51. The van der Waals surface area contributed by atoms with Crippen LogP contribution in [0, 0.1) is 13.8 Å². The van der Waals surface area contributed by atoms with Crippen LogP contribution in [-0.4, -0.2) is 37.0 Å². The lowest BCUT2D eigenvalue weighted by Crippen LogP contribution is -2.15. The third-order valence-corrected chi connectivity index (χ3v) is 4.48. The molecule has 0 aliphatic rings. The molecule has 0 unspecified atom stereocenters. The zero-order valence-corrected chi connectivity index (χ0v) is 16.6. The van der Waals surface area contributed by atoms with Crippen LogP contribution in [0.25, 0.3) is 5.69 Å². The van der Waals surface area contributed by atoms with Gasteiger partial charge in [-0.3, -0.25) is 4.79 Å². The molecule has 0 atom stereocenters. The highest BCUT2D eigenvalue weighted by atomic mass is 16.5. The first kappa shape index (κ1) is 19.3. The molecule has 1 aromatic heterocycles. The van der Waals surface area contributed by atoms with Crippen LogP contribution in [0.2, 0.25) is 0 Å². The van der Waals surface area contributed by atoms with Crippen LogP contribution in [0.4, 0.5) is 5.69 Å². The van der Waals surface area contributed by atoms with Crippen LogP contribution in [0.1, 0.15) is 21.7 Å². The Morgan fingerprint density at radius 2 is 1.61 bits per heavy atom. The van der Waals surface area contributed by atoms with Crippen molar-refractivity contribution >= 4 is 11.6 Å². The van der Waals surface area contributed by atoms with E-state index in [1.807, 2.05) is 44.2 Å². The number of amides is 1. The van der Waals surface area contributed by atoms with E-state index < -0.39 is 0 Å². The van der Waals surface area contributed by atoms with Crippen molar-refractivity contribution in [2.45, 2.75) is 13.8 Å². The Morgan fingerprint density at radius 3 is 2.21 bits per heavy atom. The molecule has 0 aliphatic heterocycles. The van der Waals surface area contributed by atoms with Gasteiger partial charge in [-0.2, -0.15) is 5.10 Å². The second-order valence-corrected chi connectivity index (χ2v) is 6.13. The van der Waals surface area contributed by atoms with E-state index in [1.54, 1.807) is 16.8 Å². The van der Waals surface area contributed by atoms with E-state index >= 15 is 0 Å². The van der Waals surface area contributed by atoms with E-state index in [-0.39, 0.29) is 5.91 Å². The number of nitrogens with zero attached hydrogens (tertiary/aromatic N) is 2. The molecule has 3 aromatic rings. The second-order valence-electron chi connectivity index (χ2n) is 6.13. The van der Waals surface area contributed by atoms with Gasteiger partial charge < -0.3 is 19.5 Å². The molecule has 0 saturated carbocycles. The smallest absolute Gasteiger partial charge is 0.259 e. The molecule has 0 saturated heterocycles. The third-order valence-electron chi connectivity index (χ3n) is 4.48. The van der Waals surface area contributed by atoms with Crippen molar-refractivity contribution < 1.29 is 19.0 Å². The van der Waals surface area contributed by atoms with Crippen LogP contribution < -0.4 is 19.5 Å². The minimum absolute atomic E-state index is 0.310. The molecule has 0 fully saturated rings. The van der Waals surface area contributed by atoms with Crippen molar-refractivity contribution in [1.29, 1.82) is 0 Å². The average Bonchev–Trinajstić information content (AvgIpc) is 3.01. The van der Waals surface area contributed by atoms with E-state index in [1.165, 1.54) is 21.3 Å². The molecule has 0 aliphatic carbocycles. The fraction of sp³-hybridized carbons (Fsp3) is 0.238. The minimum Gasteiger partial charge on any atom is -0.493 e. The molecule has 0 bridgehead atoms. The SMILES string of the molecule is COc1ccc(C(=O)Nc2c(C)nn(-c3ccccc3)c2C)c(OC)c1OC. The van der Waals surface area contributed by atoms with E-state index in [9.17, 15) is 4.79 Å². The monoisotopic (exact) mass is 381 g/mol. The molecule has 7 nitrogen and oxygen atoms in total. The molecule has 3 rings (SSSR count). The number of hydrogen-bond donors (Lipinski definition) is 1. The Morgan fingerprint density at radius 1 is 0.929 bits per heavy atom. The van der Waals surface area contributed by atoms with Crippen LogP contribution in [0.15, 0.2) is 42.5 Å². The maximum atomic E-state index is 13.0. The summed E-state index contributed by atoms with van der Waals surface area (Å²) in [6.45, 7) is 3.77. The number of carbonyl (C=O) groups is 1. The first-order chi connectivity index (χ1) is 13.5. The highest BCUT2D eigenvalue weighted by Gasteiger charge is 2.23. The van der Waals surface area contributed by atoms with Crippen molar-refractivity contribution in [2.24, 2.45) is 0 Å². The topological polar surface area (TPSA) is 74.6 Å². The quantitative estimate of drug-likeness (QED) is 0.704. The molecule has 146 valence electrons. The zero-order chi connectivity index (χ0) is 20.3. The van der Waals surface area contributed by atoms with E-state index in [0.717, 1.165) is 11.4 Å². The standard InChI is InChI=1S/C21H23N3O4/c1-13-18(14(2)24(23-13)15-9-7-6-8-10-15)22-21(25)16-11-12-17(26-3)20(28-5)19(16)27-4/h6-12H,1-5H3,(H,22,25). The fourth-order valence-corrected chi connectivity index (χ4v) is 3.11. The van der Waals surface area contributed by atoms with Crippen LogP contribution in [-0.2, 0) is 0 Å². The van der Waals surface area contributed by atoms with Crippen LogP contribution in [0.3, 0.4) is 0 Å². The molecule has 28 heavy (non-hydrogen) atoms. The first-order valence-electron chi connectivity index (χ1n) is 8.73. The molecule has 7 heteroatoms. The van der Waals surface area contributed by atoms with Gasteiger partial charge in [0, 0.05) is 0 Å². The molecule has 1 N–H and O–H groups in total. The van der Waals surface area contributed by atoms with Crippen molar-refractivity contribution in [3.63, 3.8) is 0 Å². The predicted molar refractivity (Wildman–Crippen MR) is 107 cm³/mol. The lowest BCUT2D eigenvalue weighted by Gasteiger charge is -2.15. The number of anilines is 1. The highest BCUT2D eigenvalue weighted by molar-refractivity contribution is 6.07. The number of rotatable bonds is 6. The summed E-state index contributed by atoms with van der Waals surface area (Å²) < 4.78 is 17.9. The highest BCUT2D eigenvalue weighted by Crippen LogP contribution is 2.40. The van der Waals surface area contributed by atoms with Gasteiger partial charge in [0.15, 0.2) is 11.5 Å². The third kappa shape index (κ3) is 3.38. The molecule has 1 amide bonds. The summed E-state index contributed by atoms with van der Waals surface area (Å²) in [5.74, 6) is 0.841. The Kier molecular flexibility index (Phi) is 5.54. The molecule has 2 aromatic carbocycles. The van der Waals surface area contributed by atoms with E-state index in [4.69, 9.17) is 14.2 Å². The summed E-state index contributed by atoms with van der Waals surface area (Å²) in [5, 5.41) is 7.51. The maximum Gasteiger partial charge on any atom is 0.259 e. The van der Waals surface area contributed by atoms with Crippen molar-refractivity contribution in [3.05, 3.63) is 59.4 Å². The van der Waals surface area contributed by atoms with Gasteiger partial charge in [0.2, 0.25) is 5.75 Å². The Hall–Kier alpha value is -3.48. The van der Waals surface area contributed by atoms with Gasteiger partial charge in [-0.1, -0.05) is 18.2 Å². The maximum absolute atomic E-state index is 13.0. The lowest BCUT2D eigenvalue weighted by molar-refractivity contribution is 0.102. The number of benzene rings is 2. The van der Waals surface area contributed by atoms with Gasteiger partial charge in [-0.05, 0) is 38.1 Å². The van der Waals surface area contributed by atoms with Gasteiger partial charge in [-0.25, -0.2) is 4.68 Å². The number of nitrogens with one attached hydrogen (secondary N) is 1. The van der Waals surface area contributed by atoms with Crippen molar-refractivity contribution in [2.75, 3.05) is 26.6 Å². The van der Waals surface area contributed by atoms with Gasteiger partial charge in [-0.15, -0.1) is 0 Å². The summed E-state index contributed by atoms with van der Waals surface area (Å²) >= 11 is 0. The van der Waals surface area contributed by atoms with Crippen LogP contribution in [0.5, 0.6) is 17.2 Å². The zero-order valence-electron chi connectivity index (χ0n) is 16.6. The van der Waals surface area contributed by atoms with Gasteiger partial charge in [0.1, 0.15) is 0 Å².